The van der Waals surface area contributed by atoms with Crippen LogP contribution in [0.15, 0.2) is 4.90 Å². The largest absolute Gasteiger partial charge is 0.476 e. The third-order valence-electron chi connectivity index (χ3n) is 2.76. The smallest absolute Gasteiger partial charge is 0.357 e. The van der Waals surface area contributed by atoms with E-state index in [9.17, 15) is 13.2 Å². The molecule has 1 rings (SSSR count). The lowest BCUT2D eigenvalue weighted by atomic mass is 10.4. The molecule has 2 N–H and O–H groups in total. The van der Waals surface area contributed by atoms with Crippen molar-refractivity contribution in [3.05, 3.63) is 11.4 Å². The van der Waals surface area contributed by atoms with Crippen molar-refractivity contribution in [2.45, 2.75) is 24.8 Å². The number of carbonyl (C=O) groups is 1. The summed E-state index contributed by atoms with van der Waals surface area (Å²) in [4.78, 5) is 10.8. The summed E-state index contributed by atoms with van der Waals surface area (Å²) in [6, 6.07) is -0.240. The van der Waals surface area contributed by atoms with Crippen LogP contribution in [0.5, 0.6) is 0 Å². The number of aryl methyl sites for hydroxylation is 1. The summed E-state index contributed by atoms with van der Waals surface area (Å²) in [7, 11) is -2.44. The number of H-pyrrole nitrogens is 1. The van der Waals surface area contributed by atoms with E-state index in [1.54, 1.807) is 6.92 Å². The molecule has 0 saturated carbocycles. The number of aromatic carboxylic acids is 1. The van der Waals surface area contributed by atoms with Gasteiger partial charge in [0.2, 0.25) is 10.0 Å². The van der Waals surface area contributed by atoms with Gasteiger partial charge in [-0.25, -0.2) is 13.2 Å². The number of nitrogens with zero attached hydrogens (tertiary/aromatic N) is 2. The van der Waals surface area contributed by atoms with Gasteiger partial charge in [-0.2, -0.15) is 21.2 Å². The summed E-state index contributed by atoms with van der Waals surface area (Å²) in [5, 5.41) is 14.9. The van der Waals surface area contributed by atoms with Gasteiger partial charge in [0.25, 0.3) is 0 Å². The number of carboxylic acid groups (broad SMARTS) is 1. The molecule has 1 unspecified atom stereocenters. The summed E-state index contributed by atoms with van der Waals surface area (Å²) < 4.78 is 26.1. The quantitative estimate of drug-likeness (QED) is 0.805. The average Bonchev–Trinajstić information content (AvgIpc) is 2.71. The first-order valence-corrected chi connectivity index (χ1v) is 8.32. The highest BCUT2D eigenvalue weighted by atomic mass is 32.2. The van der Waals surface area contributed by atoms with Crippen molar-refractivity contribution in [1.82, 2.24) is 14.5 Å². The lowest BCUT2D eigenvalue weighted by molar-refractivity contribution is 0.0686. The molecule has 108 valence electrons. The Balaban J connectivity index is 3.28. The normalized spacial score (nSPS) is 13.7. The molecule has 0 aliphatic heterocycles. The lowest BCUT2D eigenvalue weighted by Crippen LogP contribution is -2.37. The van der Waals surface area contributed by atoms with Crippen molar-refractivity contribution < 1.29 is 18.3 Å². The summed E-state index contributed by atoms with van der Waals surface area (Å²) in [5.74, 6) is -0.747. The fourth-order valence-corrected chi connectivity index (χ4v) is 4.05. The monoisotopic (exact) mass is 307 g/mol. The van der Waals surface area contributed by atoms with Crippen LogP contribution in [-0.4, -0.2) is 59.1 Å². The first kappa shape index (κ1) is 16.0. The molecule has 19 heavy (non-hydrogen) atoms. The first-order chi connectivity index (χ1) is 8.73. The SMILES string of the molecule is CSCC(C)N(C)S(=O)(=O)c1c(C(=O)O)n[nH]c1C. The summed E-state index contributed by atoms with van der Waals surface area (Å²) >= 11 is 1.52. The highest BCUT2D eigenvalue weighted by molar-refractivity contribution is 7.98. The average molecular weight is 307 g/mol. The molecule has 9 heteroatoms. The van der Waals surface area contributed by atoms with E-state index < -0.39 is 21.7 Å². The predicted molar refractivity (Wildman–Crippen MR) is 73.1 cm³/mol. The van der Waals surface area contributed by atoms with Gasteiger partial charge in [0.1, 0.15) is 4.90 Å². The van der Waals surface area contributed by atoms with Gasteiger partial charge in [0.05, 0.1) is 5.69 Å². The van der Waals surface area contributed by atoms with Crippen LogP contribution >= 0.6 is 11.8 Å². The van der Waals surface area contributed by atoms with Crippen LogP contribution in [-0.2, 0) is 10.0 Å². The second kappa shape index (κ2) is 5.93. The molecule has 0 amide bonds. The van der Waals surface area contributed by atoms with Gasteiger partial charge in [-0.3, -0.25) is 5.10 Å². The summed E-state index contributed by atoms with van der Waals surface area (Å²) in [6.45, 7) is 3.25. The van der Waals surface area contributed by atoms with E-state index in [4.69, 9.17) is 5.11 Å². The topological polar surface area (TPSA) is 103 Å². The number of sulfonamides is 1. The molecule has 0 radical (unpaired) electrons. The van der Waals surface area contributed by atoms with Crippen LogP contribution in [0.3, 0.4) is 0 Å². The molecule has 0 aliphatic rings. The van der Waals surface area contributed by atoms with Gasteiger partial charge in [0, 0.05) is 18.8 Å². The van der Waals surface area contributed by atoms with Crippen LogP contribution in [0.2, 0.25) is 0 Å². The maximum absolute atomic E-state index is 12.4. The first-order valence-electron chi connectivity index (χ1n) is 5.48. The number of rotatable bonds is 6. The molecule has 0 saturated heterocycles. The lowest BCUT2D eigenvalue weighted by Gasteiger charge is -2.23. The minimum Gasteiger partial charge on any atom is -0.476 e. The standard InChI is InChI=1S/C10H17N3O4S2/c1-6(5-18-4)13(3)19(16,17)9-7(2)11-12-8(9)10(14)15/h6H,5H2,1-4H3,(H,11,12)(H,14,15). The highest BCUT2D eigenvalue weighted by Crippen LogP contribution is 2.23. The molecule has 0 aliphatic carbocycles. The zero-order chi connectivity index (χ0) is 14.8. The van der Waals surface area contributed by atoms with E-state index in [0.717, 1.165) is 0 Å². The second-order valence-electron chi connectivity index (χ2n) is 4.16. The molecular weight excluding hydrogens is 290 g/mol. The third kappa shape index (κ3) is 3.10. The van der Waals surface area contributed by atoms with Gasteiger partial charge >= 0.3 is 5.97 Å². The summed E-state index contributed by atoms with van der Waals surface area (Å²) in [5.41, 5.74) is -0.249. The molecule has 0 bridgehead atoms. The fourth-order valence-electron chi connectivity index (χ4n) is 1.61. The maximum Gasteiger partial charge on any atom is 0.357 e. The Labute approximate surface area is 116 Å². The fraction of sp³-hybridized carbons (Fsp3) is 0.600. The van der Waals surface area contributed by atoms with Crippen LogP contribution in [0.1, 0.15) is 23.1 Å². The predicted octanol–water partition coefficient (Wildman–Crippen LogP) is 0.788. The Bertz CT molecular complexity index is 567. The zero-order valence-electron chi connectivity index (χ0n) is 11.2. The van der Waals surface area contributed by atoms with E-state index in [1.165, 1.54) is 30.0 Å². The van der Waals surface area contributed by atoms with Gasteiger partial charge in [-0.1, -0.05) is 0 Å². The van der Waals surface area contributed by atoms with Crippen molar-refractivity contribution in [1.29, 1.82) is 0 Å². The number of nitrogens with one attached hydrogen (secondary N) is 1. The summed E-state index contributed by atoms with van der Waals surface area (Å²) in [6.07, 6.45) is 1.88. The molecule has 0 aromatic carbocycles. The molecule has 0 fully saturated rings. The Morgan fingerprint density at radius 3 is 2.63 bits per heavy atom. The Morgan fingerprint density at radius 1 is 1.58 bits per heavy atom. The van der Waals surface area contributed by atoms with E-state index in [0.29, 0.717) is 5.75 Å². The maximum atomic E-state index is 12.4. The van der Waals surface area contributed by atoms with Gasteiger partial charge < -0.3 is 5.11 Å². The van der Waals surface area contributed by atoms with E-state index in [1.807, 2.05) is 6.26 Å². The van der Waals surface area contributed by atoms with Crippen molar-refractivity contribution in [2.24, 2.45) is 0 Å². The molecule has 1 atom stereocenters. The van der Waals surface area contributed by atoms with Gasteiger partial charge in [0.15, 0.2) is 5.69 Å². The number of aromatic amines is 1. The van der Waals surface area contributed by atoms with Crippen LogP contribution < -0.4 is 0 Å². The molecule has 1 aromatic rings. The van der Waals surface area contributed by atoms with Crippen molar-refractivity contribution >= 4 is 27.8 Å². The number of aromatic nitrogens is 2. The minimum atomic E-state index is -3.88. The van der Waals surface area contributed by atoms with E-state index >= 15 is 0 Å². The third-order valence-corrected chi connectivity index (χ3v) is 5.71. The Hall–Kier alpha value is -1.06. The van der Waals surface area contributed by atoms with E-state index in [2.05, 4.69) is 10.2 Å². The minimum absolute atomic E-state index is 0.223. The number of thioether (sulfide) groups is 1. The molecular formula is C10H17N3O4S2. The molecule has 0 spiro atoms. The van der Waals surface area contributed by atoms with E-state index in [-0.39, 0.29) is 16.6 Å². The molecule has 1 heterocycles. The van der Waals surface area contributed by atoms with Gasteiger partial charge in [-0.05, 0) is 20.1 Å². The molecule has 7 nitrogen and oxygen atoms in total. The number of hydrogen-bond acceptors (Lipinski definition) is 5. The number of hydrogen-bond donors (Lipinski definition) is 2. The molecule has 1 aromatic heterocycles. The van der Waals surface area contributed by atoms with Gasteiger partial charge in [-0.15, -0.1) is 0 Å². The second-order valence-corrected chi connectivity index (χ2v) is 7.00. The number of carboxylic acids is 1. The van der Waals surface area contributed by atoms with Crippen molar-refractivity contribution in [2.75, 3.05) is 19.1 Å². The highest BCUT2D eigenvalue weighted by Gasteiger charge is 2.33. The van der Waals surface area contributed by atoms with Crippen LogP contribution in [0, 0.1) is 6.92 Å². The van der Waals surface area contributed by atoms with Crippen LogP contribution in [0.4, 0.5) is 0 Å². The Kier molecular flexibility index (Phi) is 4.99. The Morgan fingerprint density at radius 2 is 2.16 bits per heavy atom. The van der Waals surface area contributed by atoms with Crippen LogP contribution in [0.25, 0.3) is 0 Å². The van der Waals surface area contributed by atoms with Crippen molar-refractivity contribution in [3.8, 4) is 0 Å². The zero-order valence-corrected chi connectivity index (χ0v) is 12.8. The van der Waals surface area contributed by atoms with Crippen molar-refractivity contribution in [3.63, 3.8) is 0 Å².